The molecule has 0 aliphatic heterocycles. The molecule has 8 heteroatoms. The van der Waals surface area contributed by atoms with Crippen LogP contribution in [0.3, 0.4) is 0 Å². The quantitative estimate of drug-likeness (QED) is 0.688. The first-order chi connectivity index (χ1) is 12.4. The second kappa shape index (κ2) is 8.48. The molecule has 0 aliphatic rings. The lowest BCUT2D eigenvalue weighted by Crippen LogP contribution is -2.36. The van der Waals surface area contributed by atoms with Gasteiger partial charge in [-0.15, -0.1) is 0 Å². The molecule has 0 amide bonds. The molecule has 0 unspecified atom stereocenters. The van der Waals surface area contributed by atoms with Crippen LogP contribution < -0.4 is 4.31 Å². The summed E-state index contributed by atoms with van der Waals surface area (Å²) in [5.74, 6) is -1.22. The monoisotopic (exact) mass is 377 g/mol. The third-order valence-corrected chi connectivity index (χ3v) is 5.27. The van der Waals surface area contributed by atoms with Gasteiger partial charge in [-0.2, -0.15) is 0 Å². The third-order valence-electron chi connectivity index (χ3n) is 3.49. The van der Waals surface area contributed by atoms with Gasteiger partial charge < -0.3 is 9.47 Å². The molecular formula is C18H19NO6S. The molecule has 0 saturated carbocycles. The maximum absolute atomic E-state index is 13.0. The van der Waals surface area contributed by atoms with Crippen LogP contribution in [0.2, 0.25) is 0 Å². The van der Waals surface area contributed by atoms with E-state index >= 15 is 0 Å². The fourth-order valence-corrected chi connectivity index (χ4v) is 3.67. The Kier molecular flexibility index (Phi) is 6.35. The predicted octanol–water partition coefficient (Wildman–Crippen LogP) is 2.23. The summed E-state index contributed by atoms with van der Waals surface area (Å²) in [5.41, 5.74) is 0.499. The number of benzene rings is 2. The molecule has 0 aliphatic carbocycles. The maximum atomic E-state index is 13.0. The second-order valence-corrected chi connectivity index (χ2v) is 7.03. The van der Waals surface area contributed by atoms with Crippen LogP contribution in [0.15, 0.2) is 59.5 Å². The minimum Gasteiger partial charge on any atom is -0.465 e. The van der Waals surface area contributed by atoms with Crippen molar-refractivity contribution in [3.63, 3.8) is 0 Å². The molecule has 2 aromatic carbocycles. The Hall–Kier alpha value is -2.87. The standard InChI is InChI=1S/C18H19NO6S/c1-3-25-17(20)13-19(26(22,23)16-7-5-4-6-8-16)15-11-9-14(10-12-15)18(21)24-2/h4-12H,3,13H2,1-2H3. The van der Waals surface area contributed by atoms with Gasteiger partial charge in [-0.25, -0.2) is 13.2 Å². The highest BCUT2D eigenvalue weighted by molar-refractivity contribution is 7.92. The van der Waals surface area contributed by atoms with Gasteiger partial charge in [-0.1, -0.05) is 18.2 Å². The number of esters is 2. The van der Waals surface area contributed by atoms with E-state index in [4.69, 9.17) is 4.74 Å². The summed E-state index contributed by atoms with van der Waals surface area (Å²) in [6, 6.07) is 13.5. The molecule has 0 heterocycles. The van der Waals surface area contributed by atoms with E-state index in [0.717, 1.165) is 4.31 Å². The molecule has 0 N–H and O–H groups in total. The molecule has 0 atom stereocenters. The van der Waals surface area contributed by atoms with E-state index in [1.54, 1.807) is 25.1 Å². The van der Waals surface area contributed by atoms with Gasteiger partial charge in [-0.3, -0.25) is 9.10 Å². The van der Waals surface area contributed by atoms with Gasteiger partial charge >= 0.3 is 11.9 Å². The first kappa shape index (κ1) is 19.5. The van der Waals surface area contributed by atoms with Crippen molar-refractivity contribution in [1.82, 2.24) is 0 Å². The zero-order chi connectivity index (χ0) is 19.2. The van der Waals surface area contributed by atoms with Crippen LogP contribution in [0.5, 0.6) is 0 Å². The van der Waals surface area contributed by atoms with E-state index in [1.165, 1.54) is 43.5 Å². The van der Waals surface area contributed by atoms with Gasteiger partial charge in [0.25, 0.3) is 10.0 Å². The van der Waals surface area contributed by atoms with Crippen LogP contribution in [0.25, 0.3) is 0 Å². The van der Waals surface area contributed by atoms with E-state index in [0.29, 0.717) is 0 Å². The van der Waals surface area contributed by atoms with Crippen molar-refractivity contribution in [3.8, 4) is 0 Å². The molecule has 0 bridgehead atoms. The topological polar surface area (TPSA) is 90.0 Å². The molecule has 0 spiro atoms. The summed E-state index contributed by atoms with van der Waals surface area (Å²) in [7, 11) is -2.74. The summed E-state index contributed by atoms with van der Waals surface area (Å²) in [6.45, 7) is 1.29. The van der Waals surface area contributed by atoms with Gasteiger partial charge in [0.05, 0.1) is 29.9 Å². The fourth-order valence-electron chi connectivity index (χ4n) is 2.24. The number of hydrogen-bond donors (Lipinski definition) is 0. The van der Waals surface area contributed by atoms with Crippen LogP contribution in [-0.2, 0) is 24.3 Å². The van der Waals surface area contributed by atoms with Gasteiger partial charge in [-0.05, 0) is 43.3 Å². The largest absolute Gasteiger partial charge is 0.465 e. The van der Waals surface area contributed by atoms with Crippen molar-refractivity contribution in [2.75, 3.05) is 24.6 Å². The van der Waals surface area contributed by atoms with E-state index in [1.807, 2.05) is 0 Å². The lowest BCUT2D eigenvalue weighted by atomic mass is 10.2. The van der Waals surface area contributed by atoms with Gasteiger partial charge in [0.1, 0.15) is 6.54 Å². The molecule has 0 radical (unpaired) electrons. The Morgan fingerprint density at radius 2 is 1.62 bits per heavy atom. The summed E-state index contributed by atoms with van der Waals surface area (Å²) in [4.78, 5) is 23.5. The average molecular weight is 377 g/mol. The van der Waals surface area contributed by atoms with Crippen molar-refractivity contribution in [2.24, 2.45) is 0 Å². The first-order valence-electron chi connectivity index (χ1n) is 7.82. The smallest absolute Gasteiger partial charge is 0.337 e. The van der Waals surface area contributed by atoms with E-state index < -0.39 is 28.5 Å². The molecule has 7 nitrogen and oxygen atoms in total. The number of methoxy groups -OCH3 is 1. The Labute approximate surface area is 152 Å². The molecule has 138 valence electrons. The third kappa shape index (κ3) is 4.40. The minimum absolute atomic E-state index is 0.0429. The molecule has 0 aromatic heterocycles. The van der Waals surface area contributed by atoms with Crippen molar-refractivity contribution in [2.45, 2.75) is 11.8 Å². The molecule has 0 saturated heterocycles. The highest BCUT2D eigenvalue weighted by Crippen LogP contribution is 2.24. The first-order valence-corrected chi connectivity index (χ1v) is 9.26. The summed E-state index contributed by atoms with van der Waals surface area (Å²) < 4.78 is 36.4. The molecule has 2 aromatic rings. The predicted molar refractivity (Wildman–Crippen MR) is 95.4 cm³/mol. The van der Waals surface area contributed by atoms with Crippen LogP contribution in [0, 0.1) is 0 Å². The zero-order valence-corrected chi connectivity index (χ0v) is 15.2. The van der Waals surface area contributed by atoms with Crippen molar-refractivity contribution in [1.29, 1.82) is 0 Å². The Morgan fingerprint density at radius 3 is 2.15 bits per heavy atom. The number of hydrogen-bond acceptors (Lipinski definition) is 6. The Morgan fingerprint density at radius 1 is 1.00 bits per heavy atom. The van der Waals surface area contributed by atoms with Gasteiger partial charge in [0.15, 0.2) is 0 Å². The molecular weight excluding hydrogens is 358 g/mol. The van der Waals surface area contributed by atoms with Crippen molar-refractivity contribution in [3.05, 3.63) is 60.2 Å². The van der Waals surface area contributed by atoms with Crippen LogP contribution in [-0.4, -0.2) is 40.6 Å². The van der Waals surface area contributed by atoms with E-state index in [9.17, 15) is 18.0 Å². The number of carbonyl (C=O) groups excluding carboxylic acids is 2. The SMILES string of the molecule is CCOC(=O)CN(c1ccc(C(=O)OC)cc1)S(=O)(=O)c1ccccc1. The summed E-state index contributed by atoms with van der Waals surface area (Å²) >= 11 is 0. The van der Waals surface area contributed by atoms with Gasteiger partial charge in [0, 0.05) is 0 Å². The highest BCUT2D eigenvalue weighted by atomic mass is 32.2. The minimum atomic E-state index is -3.99. The van der Waals surface area contributed by atoms with Gasteiger partial charge in [0.2, 0.25) is 0 Å². The van der Waals surface area contributed by atoms with Crippen LogP contribution in [0.4, 0.5) is 5.69 Å². The number of nitrogens with zero attached hydrogens (tertiary/aromatic N) is 1. The normalized spacial score (nSPS) is 10.8. The summed E-state index contributed by atoms with van der Waals surface area (Å²) in [6.07, 6.45) is 0. The van der Waals surface area contributed by atoms with Crippen molar-refractivity contribution >= 4 is 27.6 Å². The fraction of sp³-hybridized carbons (Fsp3) is 0.222. The molecule has 2 rings (SSSR count). The number of anilines is 1. The Bertz CT molecular complexity index is 862. The number of ether oxygens (including phenoxy) is 2. The lowest BCUT2D eigenvalue weighted by molar-refractivity contribution is -0.141. The lowest BCUT2D eigenvalue weighted by Gasteiger charge is -2.23. The number of carbonyl (C=O) groups is 2. The zero-order valence-electron chi connectivity index (χ0n) is 14.4. The van der Waals surface area contributed by atoms with E-state index in [2.05, 4.69) is 4.74 Å². The Balaban J connectivity index is 2.44. The van der Waals surface area contributed by atoms with Crippen LogP contribution >= 0.6 is 0 Å². The maximum Gasteiger partial charge on any atom is 0.337 e. The number of rotatable bonds is 7. The summed E-state index contributed by atoms with van der Waals surface area (Å²) in [5, 5.41) is 0. The second-order valence-electron chi connectivity index (χ2n) is 5.17. The number of sulfonamides is 1. The average Bonchev–Trinajstić information content (AvgIpc) is 2.66. The van der Waals surface area contributed by atoms with Crippen molar-refractivity contribution < 1.29 is 27.5 Å². The highest BCUT2D eigenvalue weighted by Gasteiger charge is 2.27. The molecule has 0 fully saturated rings. The molecule has 26 heavy (non-hydrogen) atoms. The van der Waals surface area contributed by atoms with Crippen LogP contribution in [0.1, 0.15) is 17.3 Å². The van der Waals surface area contributed by atoms with E-state index in [-0.39, 0.29) is 22.8 Å².